The molecule has 1 amide bonds. The van der Waals surface area contributed by atoms with Crippen LogP contribution < -0.4 is 5.32 Å². The third-order valence-corrected chi connectivity index (χ3v) is 2.99. The summed E-state index contributed by atoms with van der Waals surface area (Å²) >= 11 is 5.87. The van der Waals surface area contributed by atoms with Crippen LogP contribution in [0.5, 0.6) is 0 Å². The Bertz CT molecular complexity index is 637. The Kier molecular flexibility index (Phi) is 5.08. The summed E-state index contributed by atoms with van der Waals surface area (Å²) in [6, 6.07) is 7.07. The maximum Gasteiger partial charge on any atom is 0.274 e. The first-order chi connectivity index (χ1) is 10.2. The van der Waals surface area contributed by atoms with Crippen molar-refractivity contribution in [2.24, 2.45) is 0 Å². The first-order valence-electron chi connectivity index (χ1n) is 6.26. The van der Waals surface area contributed by atoms with Crippen molar-refractivity contribution in [2.45, 2.75) is 6.61 Å². The third kappa shape index (κ3) is 3.48. The minimum absolute atomic E-state index is 0.215. The average Bonchev–Trinajstić information content (AvgIpc) is 2.90. The van der Waals surface area contributed by atoms with Gasteiger partial charge in [0.2, 0.25) is 0 Å². The second-order valence-corrected chi connectivity index (χ2v) is 4.64. The lowest BCUT2D eigenvalue weighted by atomic mass is 10.2. The van der Waals surface area contributed by atoms with Crippen LogP contribution in [0.4, 0.5) is 0 Å². The number of hydrogen-bond acceptors (Lipinski definition) is 4. The van der Waals surface area contributed by atoms with Gasteiger partial charge in [0.25, 0.3) is 5.91 Å². The molecule has 2 aromatic rings. The number of methoxy groups -OCH3 is 1. The van der Waals surface area contributed by atoms with E-state index in [0.29, 0.717) is 17.3 Å². The number of rotatable bonds is 6. The van der Waals surface area contributed by atoms with Crippen LogP contribution >= 0.6 is 11.6 Å². The fourth-order valence-corrected chi connectivity index (χ4v) is 1.91. The molecule has 0 aliphatic heterocycles. The van der Waals surface area contributed by atoms with Crippen LogP contribution in [0.25, 0.3) is 5.69 Å². The topological polar surface area (TPSA) is 69.0 Å². The second kappa shape index (κ2) is 7.01. The van der Waals surface area contributed by atoms with Crippen molar-refractivity contribution >= 4 is 17.5 Å². The lowest BCUT2D eigenvalue weighted by Gasteiger charge is -2.07. The SMILES string of the molecule is C=CCNC(=O)c1nnn(-c2ccc(Cl)cc2)c1COC. The van der Waals surface area contributed by atoms with Gasteiger partial charge in [0.05, 0.1) is 12.3 Å². The Hall–Kier alpha value is -2.18. The average molecular weight is 307 g/mol. The molecular weight excluding hydrogens is 292 g/mol. The molecule has 0 aliphatic carbocycles. The Balaban J connectivity index is 2.38. The van der Waals surface area contributed by atoms with Crippen molar-refractivity contribution in [1.82, 2.24) is 20.3 Å². The van der Waals surface area contributed by atoms with Crippen LogP contribution in [0.2, 0.25) is 5.02 Å². The molecular formula is C14H15ClN4O2. The molecule has 0 bridgehead atoms. The molecule has 1 N–H and O–H groups in total. The van der Waals surface area contributed by atoms with Crippen molar-refractivity contribution in [2.75, 3.05) is 13.7 Å². The van der Waals surface area contributed by atoms with Gasteiger partial charge in [-0.05, 0) is 24.3 Å². The first-order valence-corrected chi connectivity index (χ1v) is 6.63. The molecule has 2 rings (SSSR count). The summed E-state index contributed by atoms with van der Waals surface area (Å²) in [5.74, 6) is -0.317. The largest absolute Gasteiger partial charge is 0.378 e. The molecule has 0 unspecified atom stereocenters. The first kappa shape index (κ1) is 15.2. The van der Waals surface area contributed by atoms with E-state index in [1.54, 1.807) is 42.1 Å². The number of ether oxygens (including phenoxy) is 1. The number of nitrogens with one attached hydrogen (secondary N) is 1. The molecule has 0 atom stereocenters. The van der Waals surface area contributed by atoms with Gasteiger partial charge in [-0.2, -0.15) is 0 Å². The smallest absolute Gasteiger partial charge is 0.274 e. The Morgan fingerprint density at radius 1 is 1.48 bits per heavy atom. The zero-order valence-electron chi connectivity index (χ0n) is 11.5. The monoisotopic (exact) mass is 306 g/mol. The summed E-state index contributed by atoms with van der Waals surface area (Å²) in [7, 11) is 1.55. The van der Waals surface area contributed by atoms with E-state index in [0.717, 1.165) is 5.69 Å². The van der Waals surface area contributed by atoms with Gasteiger partial charge in [-0.1, -0.05) is 22.9 Å². The summed E-state index contributed by atoms with van der Waals surface area (Å²) in [4.78, 5) is 12.0. The number of carbonyl (C=O) groups excluding carboxylic acids is 1. The van der Waals surface area contributed by atoms with Crippen molar-refractivity contribution in [3.8, 4) is 5.69 Å². The molecule has 21 heavy (non-hydrogen) atoms. The maximum absolute atomic E-state index is 12.0. The van der Waals surface area contributed by atoms with E-state index < -0.39 is 0 Å². The van der Waals surface area contributed by atoms with Gasteiger partial charge in [0, 0.05) is 18.7 Å². The number of nitrogens with zero attached hydrogens (tertiary/aromatic N) is 3. The summed E-state index contributed by atoms with van der Waals surface area (Å²) in [6.45, 7) is 4.13. The van der Waals surface area contributed by atoms with Gasteiger partial charge in [-0.15, -0.1) is 11.7 Å². The number of benzene rings is 1. The summed E-state index contributed by atoms with van der Waals surface area (Å²) in [6.07, 6.45) is 1.59. The molecule has 110 valence electrons. The maximum atomic E-state index is 12.0. The fraction of sp³-hybridized carbons (Fsp3) is 0.214. The quantitative estimate of drug-likeness (QED) is 0.829. The van der Waals surface area contributed by atoms with Crippen LogP contribution in [-0.2, 0) is 11.3 Å². The van der Waals surface area contributed by atoms with Crippen molar-refractivity contribution in [3.05, 3.63) is 53.3 Å². The molecule has 1 aromatic heterocycles. The molecule has 0 aliphatic rings. The molecule has 0 spiro atoms. The summed E-state index contributed by atoms with van der Waals surface area (Å²) in [5, 5.41) is 11.3. The highest BCUT2D eigenvalue weighted by molar-refractivity contribution is 6.30. The number of amides is 1. The van der Waals surface area contributed by atoms with Crippen LogP contribution in [0, 0.1) is 0 Å². The Labute approximate surface area is 127 Å². The van der Waals surface area contributed by atoms with Gasteiger partial charge in [0.1, 0.15) is 5.69 Å². The molecule has 0 saturated heterocycles. The highest BCUT2D eigenvalue weighted by Gasteiger charge is 2.20. The van der Waals surface area contributed by atoms with E-state index >= 15 is 0 Å². The van der Waals surface area contributed by atoms with Gasteiger partial charge >= 0.3 is 0 Å². The van der Waals surface area contributed by atoms with Crippen LogP contribution in [-0.4, -0.2) is 34.6 Å². The van der Waals surface area contributed by atoms with Crippen molar-refractivity contribution in [1.29, 1.82) is 0 Å². The minimum atomic E-state index is -0.317. The van der Waals surface area contributed by atoms with Gasteiger partial charge in [0.15, 0.2) is 5.69 Å². The zero-order valence-corrected chi connectivity index (χ0v) is 12.3. The normalized spacial score (nSPS) is 10.4. The van der Waals surface area contributed by atoms with Crippen LogP contribution in [0.15, 0.2) is 36.9 Å². The molecule has 6 nitrogen and oxygen atoms in total. The lowest BCUT2D eigenvalue weighted by molar-refractivity contribution is 0.0947. The molecule has 1 heterocycles. The van der Waals surface area contributed by atoms with Crippen molar-refractivity contribution in [3.63, 3.8) is 0 Å². The zero-order chi connectivity index (χ0) is 15.2. The number of halogens is 1. The number of carbonyl (C=O) groups is 1. The molecule has 7 heteroatoms. The van der Waals surface area contributed by atoms with Crippen LogP contribution in [0.1, 0.15) is 16.2 Å². The standard InChI is InChI=1S/C14H15ClN4O2/c1-3-8-16-14(20)13-12(9-21-2)19(18-17-13)11-6-4-10(15)5-7-11/h3-7H,1,8-9H2,2H3,(H,16,20). The van der Waals surface area contributed by atoms with Gasteiger partial charge < -0.3 is 10.1 Å². The predicted molar refractivity (Wildman–Crippen MR) is 79.6 cm³/mol. The second-order valence-electron chi connectivity index (χ2n) is 4.20. The van der Waals surface area contributed by atoms with E-state index in [4.69, 9.17) is 16.3 Å². The number of aromatic nitrogens is 3. The number of hydrogen-bond donors (Lipinski definition) is 1. The van der Waals surface area contributed by atoms with E-state index in [1.807, 2.05) is 0 Å². The lowest BCUT2D eigenvalue weighted by Crippen LogP contribution is -2.25. The summed E-state index contributed by atoms with van der Waals surface area (Å²) < 4.78 is 6.70. The van der Waals surface area contributed by atoms with E-state index in [2.05, 4.69) is 22.2 Å². The highest BCUT2D eigenvalue weighted by Crippen LogP contribution is 2.17. The molecule has 0 fully saturated rings. The summed E-state index contributed by atoms with van der Waals surface area (Å²) in [5.41, 5.74) is 1.55. The molecule has 1 aromatic carbocycles. The van der Waals surface area contributed by atoms with Gasteiger partial charge in [-0.3, -0.25) is 4.79 Å². The third-order valence-electron chi connectivity index (χ3n) is 2.74. The van der Waals surface area contributed by atoms with Crippen molar-refractivity contribution < 1.29 is 9.53 Å². The van der Waals surface area contributed by atoms with E-state index in [1.165, 1.54) is 0 Å². The highest BCUT2D eigenvalue weighted by atomic mass is 35.5. The Morgan fingerprint density at radius 2 is 2.19 bits per heavy atom. The fourth-order valence-electron chi connectivity index (χ4n) is 1.78. The van der Waals surface area contributed by atoms with E-state index in [-0.39, 0.29) is 18.2 Å². The van der Waals surface area contributed by atoms with Crippen LogP contribution in [0.3, 0.4) is 0 Å². The predicted octanol–water partition coefficient (Wildman–Crippen LogP) is 1.98. The van der Waals surface area contributed by atoms with E-state index in [9.17, 15) is 4.79 Å². The van der Waals surface area contributed by atoms with Gasteiger partial charge in [-0.25, -0.2) is 4.68 Å². The molecule has 0 saturated carbocycles. The molecule has 0 radical (unpaired) electrons. The Morgan fingerprint density at radius 3 is 2.81 bits per heavy atom. The minimum Gasteiger partial charge on any atom is -0.378 e.